The highest BCUT2D eigenvalue weighted by Crippen LogP contribution is 2.22. The molecule has 0 saturated heterocycles. The first-order chi connectivity index (χ1) is 7.18. The summed E-state index contributed by atoms with van der Waals surface area (Å²) in [6.45, 7) is 3.99. The number of pyridine rings is 1. The summed E-state index contributed by atoms with van der Waals surface area (Å²) >= 11 is 1.66. The molecule has 0 bridgehead atoms. The molecule has 0 aliphatic rings. The van der Waals surface area contributed by atoms with Gasteiger partial charge in [0.1, 0.15) is 0 Å². The molecule has 0 aliphatic carbocycles. The van der Waals surface area contributed by atoms with Crippen molar-refractivity contribution in [3.05, 3.63) is 51.5 Å². The molecule has 0 amide bonds. The van der Waals surface area contributed by atoms with E-state index in [0.717, 1.165) is 10.4 Å². The van der Waals surface area contributed by atoms with Crippen LogP contribution in [-0.4, -0.2) is 10.8 Å². The SMILES string of the molecule is Cc1cc(C(=O)c2ccncc2)c(C)s1. The standard InChI is InChI=1S/C12H11NOS/c1-8-7-11(9(2)15-8)12(14)10-3-5-13-6-4-10/h3-7H,1-2H3. The van der Waals surface area contributed by atoms with Crippen LogP contribution in [0, 0.1) is 13.8 Å². The van der Waals surface area contributed by atoms with Gasteiger partial charge in [-0.15, -0.1) is 11.3 Å². The molecule has 76 valence electrons. The normalized spacial score (nSPS) is 10.3. The van der Waals surface area contributed by atoms with Crippen molar-refractivity contribution in [2.45, 2.75) is 13.8 Å². The number of carbonyl (C=O) groups excluding carboxylic acids is 1. The number of rotatable bonds is 2. The van der Waals surface area contributed by atoms with Gasteiger partial charge in [0.25, 0.3) is 0 Å². The summed E-state index contributed by atoms with van der Waals surface area (Å²) in [7, 11) is 0. The van der Waals surface area contributed by atoms with Gasteiger partial charge in [-0.1, -0.05) is 0 Å². The Morgan fingerprint density at radius 1 is 1.27 bits per heavy atom. The zero-order valence-corrected chi connectivity index (χ0v) is 9.47. The number of aromatic nitrogens is 1. The fourth-order valence-corrected chi connectivity index (χ4v) is 2.44. The molecule has 0 aliphatic heterocycles. The van der Waals surface area contributed by atoms with Crippen LogP contribution in [-0.2, 0) is 0 Å². The average Bonchev–Trinajstić information content (AvgIpc) is 2.58. The van der Waals surface area contributed by atoms with Gasteiger partial charge in [0.15, 0.2) is 5.78 Å². The smallest absolute Gasteiger partial charge is 0.194 e. The van der Waals surface area contributed by atoms with Crippen LogP contribution >= 0.6 is 11.3 Å². The number of ketones is 1. The number of hydrogen-bond acceptors (Lipinski definition) is 3. The molecule has 2 rings (SSSR count). The van der Waals surface area contributed by atoms with E-state index in [4.69, 9.17) is 0 Å². The zero-order chi connectivity index (χ0) is 10.8. The maximum absolute atomic E-state index is 12.1. The number of thiophene rings is 1. The average molecular weight is 217 g/mol. The third-order valence-corrected chi connectivity index (χ3v) is 3.19. The Morgan fingerprint density at radius 3 is 2.47 bits per heavy atom. The molecular weight excluding hydrogens is 206 g/mol. The van der Waals surface area contributed by atoms with Crippen LogP contribution in [0.15, 0.2) is 30.6 Å². The van der Waals surface area contributed by atoms with E-state index in [1.807, 2.05) is 19.9 Å². The quantitative estimate of drug-likeness (QED) is 0.724. The Bertz CT molecular complexity index is 488. The monoisotopic (exact) mass is 217 g/mol. The minimum absolute atomic E-state index is 0.0826. The van der Waals surface area contributed by atoms with Crippen molar-refractivity contribution in [2.75, 3.05) is 0 Å². The lowest BCUT2D eigenvalue weighted by Crippen LogP contribution is -2.00. The lowest BCUT2D eigenvalue weighted by atomic mass is 10.1. The molecule has 0 fully saturated rings. The molecule has 0 atom stereocenters. The van der Waals surface area contributed by atoms with E-state index in [1.54, 1.807) is 35.9 Å². The summed E-state index contributed by atoms with van der Waals surface area (Å²) in [5.41, 5.74) is 1.51. The van der Waals surface area contributed by atoms with Gasteiger partial charge in [0.05, 0.1) is 0 Å². The fourth-order valence-electron chi connectivity index (χ4n) is 1.52. The summed E-state index contributed by atoms with van der Waals surface area (Å²) in [6.07, 6.45) is 3.28. The predicted molar refractivity (Wildman–Crippen MR) is 61.5 cm³/mol. The second-order valence-electron chi connectivity index (χ2n) is 3.39. The first kappa shape index (κ1) is 10.1. The van der Waals surface area contributed by atoms with Gasteiger partial charge >= 0.3 is 0 Å². The van der Waals surface area contributed by atoms with E-state index in [9.17, 15) is 4.79 Å². The van der Waals surface area contributed by atoms with Gasteiger partial charge in [0.2, 0.25) is 0 Å². The molecule has 0 spiro atoms. The van der Waals surface area contributed by atoms with E-state index >= 15 is 0 Å². The zero-order valence-electron chi connectivity index (χ0n) is 8.65. The third kappa shape index (κ3) is 1.97. The Balaban J connectivity index is 2.41. The predicted octanol–water partition coefficient (Wildman–Crippen LogP) is 2.99. The number of carbonyl (C=O) groups is 1. The molecule has 2 aromatic heterocycles. The Hall–Kier alpha value is -1.48. The van der Waals surface area contributed by atoms with Crippen molar-refractivity contribution < 1.29 is 4.79 Å². The minimum atomic E-state index is 0.0826. The van der Waals surface area contributed by atoms with Gasteiger partial charge in [-0.05, 0) is 32.0 Å². The highest BCUT2D eigenvalue weighted by atomic mass is 32.1. The van der Waals surface area contributed by atoms with Crippen molar-refractivity contribution in [3.8, 4) is 0 Å². The minimum Gasteiger partial charge on any atom is -0.289 e. The molecule has 3 heteroatoms. The Morgan fingerprint density at radius 2 is 1.93 bits per heavy atom. The van der Waals surface area contributed by atoms with Crippen LogP contribution in [0.1, 0.15) is 25.7 Å². The van der Waals surface area contributed by atoms with Crippen molar-refractivity contribution >= 4 is 17.1 Å². The second-order valence-corrected chi connectivity index (χ2v) is 4.85. The lowest BCUT2D eigenvalue weighted by Gasteiger charge is -1.98. The third-order valence-electron chi connectivity index (χ3n) is 2.23. The number of nitrogens with zero attached hydrogens (tertiary/aromatic N) is 1. The number of hydrogen-bond donors (Lipinski definition) is 0. The second kappa shape index (κ2) is 3.95. The van der Waals surface area contributed by atoms with Crippen LogP contribution < -0.4 is 0 Å². The largest absolute Gasteiger partial charge is 0.289 e. The van der Waals surface area contributed by atoms with E-state index in [1.165, 1.54) is 4.88 Å². The van der Waals surface area contributed by atoms with Gasteiger partial charge < -0.3 is 0 Å². The lowest BCUT2D eigenvalue weighted by molar-refractivity contribution is 0.103. The van der Waals surface area contributed by atoms with Crippen LogP contribution in [0.3, 0.4) is 0 Å². The molecular formula is C12H11NOS. The summed E-state index contributed by atoms with van der Waals surface area (Å²) in [4.78, 5) is 18.2. The van der Waals surface area contributed by atoms with Gasteiger partial charge in [-0.2, -0.15) is 0 Å². The fraction of sp³-hybridized carbons (Fsp3) is 0.167. The highest BCUT2D eigenvalue weighted by Gasteiger charge is 2.13. The van der Waals surface area contributed by atoms with Crippen molar-refractivity contribution in [1.29, 1.82) is 0 Å². The molecule has 2 nitrogen and oxygen atoms in total. The molecule has 0 radical (unpaired) electrons. The van der Waals surface area contributed by atoms with Crippen LogP contribution in [0.4, 0.5) is 0 Å². The topological polar surface area (TPSA) is 30.0 Å². The van der Waals surface area contributed by atoms with E-state index in [-0.39, 0.29) is 5.78 Å². The summed E-state index contributed by atoms with van der Waals surface area (Å²) in [6, 6.07) is 5.44. The van der Waals surface area contributed by atoms with Crippen LogP contribution in [0.25, 0.3) is 0 Å². The van der Waals surface area contributed by atoms with E-state index in [0.29, 0.717) is 5.56 Å². The van der Waals surface area contributed by atoms with Gasteiger partial charge in [0, 0.05) is 33.3 Å². The highest BCUT2D eigenvalue weighted by molar-refractivity contribution is 7.12. The first-order valence-electron chi connectivity index (χ1n) is 4.70. The van der Waals surface area contributed by atoms with Crippen molar-refractivity contribution in [2.24, 2.45) is 0 Å². The maximum Gasteiger partial charge on any atom is 0.194 e. The van der Waals surface area contributed by atoms with Gasteiger partial charge in [-0.25, -0.2) is 0 Å². The number of aryl methyl sites for hydroxylation is 2. The summed E-state index contributed by atoms with van der Waals surface area (Å²) in [5.74, 6) is 0.0826. The first-order valence-corrected chi connectivity index (χ1v) is 5.52. The molecule has 2 aromatic rings. The van der Waals surface area contributed by atoms with E-state index < -0.39 is 0 Å². The van der Waals surface area contributed by atoms with Gasteiger partial charge in [-0.3, -0.25) is 9.78 Å². The molecule has 0 unspecified atom stereocenters. The summed E-state index contributed by atoms with van der Waals surface area (Å²) < 4.78 is 0. The Kier molecular flexibility index (Phi) is 2.64. The Labute approximate surface area is 92.6 Å². The van der Waals surface area contributed by atoms with E-state index in [2.05, 4.69) is 4.98 Å². The van der Waals surface area contributed by atoms with Crippen LogP contribution in [0.5, 0.6) is 0 Å². The summed E-state index contributed by atoms with van der Waals surface area (Å²) in [5, 5.41) is 0. The maximum atomic E-state index is 12.1. The van der Waals surface area contributed by atoms with Crippen molar-refractivity contribution in [3.63, 3.8) is 0 Å². The molecule has 2 heterocycles. The molecule has 15 heavy (non-hydrogen) atoms. The van der Waals surface area contributed by atoms with Crippen LogP contribution in [0.2, 0.25) is 0 Å². The van der Waals surface area contributed by atoms with Crippen molar-refractivity contribution in [1.82, 2.24) is 4.98 Å². The molecule has 0 saturated carbocycles. The molecule has 0 N–H and O–H groups in total. The molecule has 0 aromatic carbocycles.